The number of hydrogen-bond donors (Lipinski definition) is 1. The first kappa shape index (κ1) is 18.9. The van der Waals surface area contributed by atoms with Gasteiger partial charge < -0.3 is 14.8 Å². The van der Waals surface area contributed by atoms with E-state index in [1.54, 1.807) is 42.5 Å². The lowest BCUT2D eigenvalue weighted by molar-refractivity contribution is -0.119. The van der Waals surface area contributed by atoms with Gasteiger partial charge in [0.25, 0.3) is 5.91 Å². The summed E-state index contributed by atoms with van der Waals surface area (Å²) in [6.07, 6.45) is 0. The topological polar surface area (TPSA) is 64.6 Å². The van der Waals surface area contributed by atoms with Crippen molar-refractivity contribution in [3.63, 3.8) is 0 Å². The maximum Gasteiger partial charge on any atom is 0.338 e. The van der Waals surface area contributed by atoms with Crippen molar-refractivity contribution in [1.82, 2.24) is 0 Å². The first-order valence-corrected chi connectivity index (χ1v) is 9.23. The molecule has 0 heterocycles. The van der Waals surface area contributed by atoms with E-state index in [-0.39, 0.29) is 6.61 Å². The van der Waals surface area contributed by atoms with Crippen LogP contribution in [0.5, 0.6) is 11.5 Å². The van der Waals surface area contributed by atoms with Gasteiger partial charge in [0.05, 0.1) is 5.56 Å². The molecule has 1 N–H and O–H groups in total. The predicted octanol–water partition coefficient (Wildman–Crippen LogP) is 4.88. The quantitative estimate of drug-likeness (QED) is 0.410. The number of rotatable bonds is 6. The van der Waals surface area contributed by atoms with E-state index >= 15 is 0 Å². The Balaban J connectivity index is 1.50. The summed E-state index contributed by atoms with van der Waals surface area (Å²) in [6, 6.07) is 23.3. The largest absolute Gasteiger partial charge is 0.457 e. The van der Waals surface area contributed by atoms with Crippen molar-refractivity contribution in [3.05, 3.63) is 88.0 Å². The molecule has 0 aliphatic rings. The number of hydrogen-bond acceptors (Lipinski definition) is 4. The Bertz CT molecular complexity index is 926. The van der Waals surface area contributed by atoms with Crippen LogP contribution < -0.4 is 10.1 Å². The highest BCUT2D eigenvalue weighted by Crippen LogP contribution is 2.22. The number of halogens is 1. The van der Waals surface area contributed by atoms with Crippen molar-refractivity contribution in [3.8, 4) is 11.5 Å². The average molecular weight is 473 g/mol. The lowest BCUT2D eigenvalue weighted by atomic mass is 10.2. The van der Waals surface area contributed by atoms with Gasteiger partial charge in [0, 0.05) is 9.26 Å². The maximum atomic E-state index is 12.0. The lowest BCUT2D eigenvalue weighted by Crippen LogP contribution is -2.20. The molecule has 5 nitrogen and oxygen atoms in total. The maximum absolute atomic E-state index is 12.0. The number of carbonyl (C=O) groups excluding carboxylic acids is 2. The summed E-state index contributed by atoms with van der Waals surface area (Å²) in [5.41, 5.74) is 1.00. The van der Waals surface area contributed by atoms with Gasteiger partial charge in [0.2, 0.25) is 0 Å². The fraction of sp³-hybridized carbons (Fsp3) is 0.0476. The van der Waals surface area contributed by atoms with Crippen LogP contribution in [0.4, 0.5) is 5.69 Å². The summed E-state index contributed by atoms with van der Waals surface area (Å²) in [6.45, 7) is -0.355. The van der Waals surface area contributed by atoms with Crippen molar-refractivity contribution in [2.24, 2.45) is 0 Å². The summed E-state index contributed by atoms with van der Waals surface area (Å²) < 4.78 is 11.7. The molecule has 0 saturated heterocycles. The highest BCUT2D eigenvalue weighted by atomic mass is 127. The fourth-order valence-corrected chi connectivity index (χ4v) is 2.80. The number of ether oxygens (including phenoxy) is 2. The molecule has 0 aromatic heterocycles. The molecule has 0 aliphatic heterocycles. The standard InChI is InChI=1S/C21H16INO4/c22-16-6-4-5-15(13-16)21(25)26-14-20(24)23-17-9-11-19(12-10-17)27-18-7-2-1-3-8-18/h1-13H,14H2,(H,23,24). The van der Waals surface area contributed by atoms with E-state index in [9.17, 15) is 9.59 Å². The summed E-state index contributed by atoms with van der Waals surface area (Å²) in [5, 5.41) is 2.68. The Morgan fingerprint density at radius 3 is 2.26 bits per heavy atom. The number of para-hydroxylation sites is 1. The molecular weight excluding hydrogens is 457 g/mol. The number of anilines is 1. The average Bonchev–Trinajstić information content (AvgIpc) is 2.68. The zero-order valence-electron chi connectivity index (χ0n) is 14.2. The van der Waals surface area contributed by atoms with Crippen molar-refractivity contribution >= 4 is 40.2 Å². The molecule has 3 rings (SSSR count). The number of benzene rings is 3. The summed E-state index contributed by atoms with van der Waals surface area (Å²) in [7, 11) is 0. The van der Waals surface area contributed by atoms with Crippen LogP contribution in [-0.2, 0) is 9.53 Å². The van der Waals surface area contributed by atoms with Crippen LogP contribution in [0.25, 0.3) is 0 Å². The second-order valence-electron chi connectivity index (χ2n) is 5.57. The second kappa shape index (κ2) is 9.18. The summed E-state index contributed by atoms with van der Waals surface area (Å²) in [5.74, 6) is 0.446. The Hall–Kier alpha value is -2.87. The predicted molar refractivity (Wildman–Crippen MR) is 111 cm³/mol. The van der Waals surface area contributed by atoms with Gasteiger partial charge in [-0.15, -0.1) is 0 Å². The minimum Gasteiger partial charge on any atom is -0.457 e. The third-order valence-electron chi connectivity index (χ3n) is 3.51. The zero-order chi connectivity index (χ0) is 19.1. The molecule has 0 fully saturated rings. The van der Waals surface area contributed by atoms with E-state index in [0.29, 0.717) is 17.0 Å². The summed E-state index contributed by atoms with van der Waals surface area (Å²) in [4.78, 5) is 23.9. The van der Waals surface area contributed by atoms with Crippen LogP contribution in [0, 0.1) is 3.57 Å². The molecule has 0 aliphatic carbocycles. The molecule has 3 aromatic rings. The highest BCUT2D eigenvalue weighted by molar-refractivity contribution is 14.1. The van der Waals surface area contributed by atoms with Crippen LogP contribution in [0.2, 0.25) is 0 Å². The van der Waals surface area contributed by atoms with E-state index < -0.39 is 11.9 Å². The molecule has 0 saturated carbocycles. The molecule has 0 bridgehead atoms. The number of carbonyl (C=O) groups is 2. The van der Waals surface area contributed by atoms with E-state index in [1.165, 1.54) is 0 Å². The van der Waals surface area contributed by atoms with Crippen molar-refractivity contribution < 1.29 is 19.1 Å². The van der Waals surface area contributed by atoms with Crippen LogP contribution in [0.3, 0.4) is 0 Å². The van der Waals surface area contributed by atoms with Gasteiger partial charge in [-0.05, 0) is 77.2 Å². The fourth-order valence-electron chi connectivity index (χ4n) is 2.26. The van der Waals surface area contributed by atoms with Gasteiger partial charge in [0.15, 0.2) is 6.61 Å². The molecular formula is C21H16INO4. The Morgan fingerprint density at radius 1 is 0.852 bits per heavy atom. The smallest absolute Gasteiger partial charge is 0.338 e. The minimum atomic E-state index is -0.532. The van der Waals surface area contributed by atoms with Gasteiger partial charge in [-0.3, -0.25) is 4.79 Å². The van der Waals surface area contributed by atoms with E-state index in [0.717, 1.165) is 9.32 Å². The molecule has 1 amide bonds. The first-order chi connectivity index (χ1) is 13.1. The van der Waals surface area contributed by atoms with E-state index in [4.69, 9.17) is 9.47 Å². The third-order valence-corrected chi connectivity index (χ3v) is 4.18. The Kier molecular flexibility index (Phi) is 6.43. The monoisotopic (exact) mass is 473 g/mol. The third kappa shape index (κ3) is 5.82. The lowest BCUT2D eigenvalue weighted by Gasteiger charge is -2.09. The SMILES string of the molecule is O=C(COC(=O)c1cccc(I)c1)Nc1ccc(Oc2ccccc2)cc1. The van der Waals surface area contributed by atoms with Crippen molar-refractivity contribution in [2.45, 2.75) is 0 Å². The molecule has 0 atom stereocenters. The second-order valence-corrected chi connectivity index (χ2v) is 6.82. The van der Waals surface area contributed by atoms with E-state index in [2.05, 4.69) is 27.9 Å². The van der Waals surface area contributed by atoms with Gasteiger partial charge in [-0.25, -0.2) is 4.79 Å². The molecule has 3 aromatic carbocycles. The molecule has 0 spiro atoms. The number of nitrogens with one attached hydrogen (secondary N) is 1. The molecule has 27 heavy (non-hydrogen) atoms. The van der Waals surface area contributed by atoms with Gasteiger partial charge in [-0.2, -0.15) is 0 Å². The summed E-state index contributed by atoms with van der Waals surface area (Å²) >= 11 is 2.11. The van der Waals surface area contributed by atoms with Gasteiger partial charge in [0.1, 0.15) is 11.5 Å². The molecule has 0 unspecified atom stereocenters. The van der Waals surface area contributed by atoms with Crippen LogP contribution in [-0.4, -0.2) is 18.5 Å². The number of esters is 1. The molecule has 6 heteroatoms. The molecule has 0 radical (unpaired) electrons. The van der Waals surface area contributed by atoms with E-state index in [1.807, 2.05) is 36.4 Å². The van der Waals surface area contributed by atoms with Crippen LogP contribution in [0.15, 0.2) is 78.9 Å². The van der Waals surface area contributed by atoms with Crippen LogP contribution in [0.1, 0.15) is 10.4 Å². The molecule has 136 valence electrons. The first-order valence-electron chi connectivity index (χ1n) is 8.16. The van der Waals surface area contributed by atoms with Crippen molar-refractivity contribution in [1.29, 1.82) is 0 Å². The van der Waals surface area contributed by atoms with Gasteiger partial charge in [-0.1, -0.05) is 24.3 Å². The zero-order valence-corrected chi connectivity index (χ0v) is 16.4. The van der Waals surface area contributed by atoms with Crippen molar-refractivity contribution in [2.75, 3.05) is 11.9 Å². The Morgan fingerprint density at radius 2 is 1.56 bits per heavy atom. The normalized spacial score (nSPS) is 10.1. The van der Waals surface area contributed by atoms with Gasteiger partial charge >= 0.3 is 5.97 Å². The highest BCUT2D eigenvalue weighted by Gasteiger charge is 2.10. The number of amides is 1. The Labute approximate surface area is 170 Å². The minimum absolute atomic E-state index is 0.355. The van der Waals surface area contributed by atoms with Crippen LogP contribution >= 0.6 is 22.6 Å².